The van der Waals surface area contributed by atoms with Gasteiger partial charge in [-0.15, -0.1) is 0 Å². The van der Waals surface area contributed by atoms with Gasteiger partial charge in [0.15, 0.2) is 0 Å². The molecule has 0 heterocycles. The lowest BCUT2D eigenvalue weighted by molar-refractivity contribution is -0.142. The van der Waals surface area contributed by atoms with E-state index in [2.05, 4.69) is 0 Å². The zero-order valence-corrected chi connectivity index (χ0v) is 21.2. The molecule has 206 valence electrons. The summed E-state index contributed by atoms with van der Waals surface area (Å²) in [6.07, 6.45) is -2.35. The number of halogens is 8. The van der Waals surface area contributed by atoms with Gasteiger partial charge in [0, 0.05) is 10.9 Å². The van der Waals surface area contributed by atoms with Gasteiger partial charge >= 0.3 is 6.18 Å². The highest BCUT2D eigenvalue weighted by molar-refractivity contribution is 5.84. The Morgan fingerprint density at radius 3 is 1.79 bits per heavy atom. The number of unbranched alkanes of at least 4 members (excludes halogenated alkanes) is 1. The van der Waals surface area contributed by atoms with Crippen molar-refractivity contribution in [3.8, 4) is 0 Å². The summed E-state index contributed by atoms with van der Waals surface area (Å²) >= 11 is 0. The third-order valence-corrected chi connectivity index (χ3v) is 6.85. The Hall–Kier alpha value is -3.42. The molecule has 0 fully saturated rings. The van der Waals surface area contributed by atoms with Crippen LogP contribution in [-0.4, -0.2) is 0 Å². The number of hydrogen-bond donors (Lipinski definition) is 0. The highest BCUT2D eigenvalue weighted by atomic mass is 19.4. The summed E-state index contributed by atoms with van der Waals surface area (Å²) in [5, 5.41) is 0.856. The van der Waals surface area contributed by atoms with Gasteiger partial charge in [-0.05, 0) is 90.4 Å². The van der Waals surface area contributed by atoms with Gasteiger partial charge in [-0.25, -0.2) is 22.0 Å². The molecule has 0 radical (unpaired) electrons. The summed E-state index contributed by atoms with van der Waals surface area (Å²) in [5.41, 5.74) is -0.337. The molecule has 0 atom stereocenters. The van der Waals surface area contributed by atoms with E-state index in [0.29, 0.717) is 41.3 Å². The fraction of sp³-hybridized carbons (Fsp3) is 0.290. The lowest BCUT2D eigenvalue weighted by Crippen LogP contribution is -2.12. The molecule has 0 saturated carbocycles. The minimum Gasteiger partial charge on any atom is -0.207 e. The second-order valence-electron chi connectivity index (χ2n) is 9.67. The zero-order chi connectivity index (χ0) is 28.3. The van der Waals surface area contributed by atoms with Crippen LogP contribution in [0.15, 0.2) is 54.6 Å². The van der Waals surface area contributed by atoms with Gasteiger partial charge in [-0.3, -0.25) is 0 Å². The van der Waals surface area contributed by atoms with Crippen LogP contribution < -0.4 is 0 Å². The average molecular weight is 551 g/mol. The molecule has 8 heteroatoms. The van der Waals surface area contributed by atoms with Gasteiger partial charge in [0.25, 0.3) is 0 Å². The molecular weight excluding hydrogens is 524 g/mol. The molecule has 0 bridgehead atoms. The summed E-state index contributed by atoms with van der Waals surface area (Å²) < 4.78 is 110. The third-order valence-electron chi connectivity index (χ3n) is 6.85. The van der Waals surface area contributed by atoms with E-state index in [1.54, 1.807) is 24.3 Å². The topological polar surface area (TPSA) is 0 Å². The van der Waals surface area contributed by atoms with Crippen LogP contribution >= 0.6 is 0 Å². The van der Waals surface area contributed by atoms with E-state index in [0.717, 1.165) is 18.4 Å². The highest BCUT2D eigenvalue weighted by Crippen LogP contribution is 2.34. The Morgan fingerprint density at radius 2 is 1.18 bits per heavy atom. The summed E-state index contributed by atoms with van der Waals surface area (Å²) in [7, 11) is 0. The Bertz CT molecular complexity index is 1440. The smallest absolute Gasteiger partial charge is 0.207 e. The van der Waals surface area contributed by atoms with Crippen LogP contribution in [0.1, 0.15) is 53.1 Å². The van der Waals surface area contributed by atoms with Crippen molar-refractivity contribution in [2.24, 2.45) is 0 Å². The van der Waals surface area contributed by atoms with Crippen LogP contribution in [0.5, 0.6) is 0 Å². The maximum atomic E-state index is 15.2. The predicted molar refractivity (Wildman–Crippen MR) is 135 cm³/mol. The van der Waals surface area contributed by atoms with Crippen molar-refractivity contribution in [2.75, 3.05) is 0 Å². The summed E-state index contributed by atoms with van der Waals surface area (Å²) in [6, 6.07) is 12.1. The van der Waals surface area contributed by atoms with Gasteiger partial charge in [0.05, 0.1) is 0 Å². The fourth-order valence-corrected chi connectivity index (χ4v) is 4.74. The molecule has 0 aromatic heterocycles. The molecule has 0 amide bonds. The van der Waals surface area contributed by atoms with E-state index in [1.165, 1.54) is 18.2 Å². The third kappa shape index (κ3) is 6.60. The molecule has 4 aromatic carbocycles. The largest absolute Gasteiger partial charge is 0.422 e. The monoisotopic (exact) mass is 550 g/mol. The zero-order valence-electron chi connectivity index (χ0n) is 21.2. The normalized spacial score (nSPS) is 11.9. The standard InChI is InChI=1S/C31H26F8/c1-2-3-4-19-14-25(32)24(26(33)15-19)12-7-18-6-11-23-22(13-18)10-9-21(30(23)36)8-5-20-16-27(34)29(28(35)17-20)31(37,38)39/h6,9-11,13-17H,2-5,7-8,12H2,1H3. The van der Waals surface area contributed by atoms with Crippen LogP contribution in [0, 0.1) is 29.1 Å². The van der Waals surface area contributed by atoms with Gasteiger partial charge in [0.1, 0.15) is 34.6 Å². The fourth-order valence-electron chi connectivity index (χ4n) is 4.74. The Labute approximate surface area is 221 Å². The molecule has 0 nitrogen and oxygen atoms in total. The number of rotatable bonds is 9. The van der Waals surface area contributed by atoms with Gasteiger partial charge in [0.2, 0.25) is 0 Å². The highest BCUT2D eigenvalue weighted by Gasteiger charge is 2.37. The first-order chi connectivity index (χ1) is 18.5. The SMILES string of the molecule is CCCCc1cc(F)c(CCc2ccc3c(F)c(CCc4cc(F)c(C(F)(F)F)c(F)c4)ccc3c2)c(F)c1. The molecule has 4 rings (SSSR count). The van der Waals surface area contributed by atoms with E-state index in [1.807, 2.05) is 6.92 Å². The molecule has 0 N–H and O–H groups in total. The average Bonchev–Trinajstić information content (AvgIpc) is 2.85. The Morgan fingerprint density at radius 1 is 0.590 bits per heavy atom. The lowest BCUT2D eigenvalue weighted by Gasteiger charge is -2.12. The Balaban J connectivity index is 1.47. The molecule has 0 spiro atoms. The van der Waals surface area contributed by atoms with Crippen molar-refractivity contribution < 1.29 is 35.1 Å². The number of benzene rings is 4. The first-order valence-electron chi connectivity index (χ1n) is 12.7. The summed E-state index contributed by atoms with van der Waals surface area (Å²) in [4.78, 5) is 0. The second kappa shape index (κ2) is 11.8. The number of aryl methyl sites for hydroxylation is 4. The summed E-state index contributed by atoms with van der Waals surface area (Å²) in [5.74, 6) is -5.13. The van der Waals surface area contributed by atoms with E-state index in [-0.39, 0.29) is 36.0 Å². The van der Waals surface area contributed by atoms with Crippen LogP contribution in [-0.2, 0) is 38.3 Å². The van der Waals surface area contributed by atoms with Crippen molar-refractivity contribution in [3.05, 3.63) is 117 Å². The predicted octanol–water partition coefficient (Wildman–Crippen LogP) is 9.47. The first-order valence-corrected chi connectivity index (χ1v) is 12.7. The summed E-state index contributed by atoms with van der Waals surface area (Å²) in [6.45, 7) is 2.01. The molecular formula is C31H26F8. The minimum atomic E-state index is -5.16. The quantitative estimate of drug-likeness (QED) is 0.182. The maximum absolute atomic E-state index is 15.2. The van der Waals surface area contributed by atoms with E-state index < -0.39 is 40.8 Å². The molecule has 0 saturated heterocycles. The number of fused-ring (bicyclic) bond motifs is 1. The van der Waals surface area contributed by atoms with Crippen LogP contribution in [0.4, 0.5) is 35.1 Å². The van der Waals surface area contributed by atoms with Crippen LogP contribution in [0.2, 0.25) is 0 Å². The van der Waals surface area contributed by atoms with E-state index in [4.69, 9.17) is 0 Å². The number of hydrogen-bond acceptors (Lipinski definition) is 0. The first kappa shape index (κ1) is 28.6. The van der Waals surface area contributed by atoms with Crippen molar-refractivity contribution in [3.63, 3.8) is 0 Å². The molecule has 39 heavy (non-hydrogen) atoms. The Kier molecular flexibility index (Phi) is 8.62. The van der Waals surface area contributed by atoms with Crippen molar-refractivity contribution in [1.82, 2.24) is 0 Å². The van der Waals surface area contributed by atoms with Crippen molar-refractivity contribution in [1.29, 1.82) is 0 Å². The van der Waals surface area contributed by atoms with Crippen LogP contribution in [0.25, 0.3) is 10.8 Å². The van der Waals surface area contributed by atoms with Crippen LogP contribution in [0.3, 0.4) is 0 Å². The van der Waals surface area contributed by atoms with Crippen molar-refractivity contribution in [2.45, 2.75) is 58.0 Å². The van der Waals surface area contributed by atoms with E-state index in [9.17, 15) is 30.7 Å². The van der Waals surface area contributed by atoms with Gasteiger partial charge in [-0.2, -0.15) is 13.2 Å². The second-order valence-corrected chi connectivity index (χ2v) is 9.67. The van der Waals surface area contributed by atoms with E-state index >= 15 is 4.39 Å². The molecule has 0 aliphatic rings. The van der Waals surface area contributed by atoms with Gasteiger partial charge in [-0.1, -0.05) is 43.7 Å². The molecule has 0 aliphatic heterocycles. The number of alkyl halides is 3. The molecule has 0 unspecified atom stereocenters. The molecule has 4 aromatic rings. The lowest BCUT2D eigenvalue weighted by atomic mass is 9.96. The molecule has 0 aliphatic carbocycles. The minimum absolute atomic E-state index is 0.00742. The van der Waals surface area contributed by atoms with Crippen molar-refractivity contribution >= 4 is 10.8 Å². The van der Waals surface area contributed by atoms with Gasteiger partial charge < -0.3 is 0 Å². The maximum Gasteiger partial charge on any atom is 0.422 e.